The molecule has 5 aliphatic rings. The molecule has 146 valence electrons. The van der Waals surface area contributed by atoms with E-state index in [1.165, 1.54) is 6.42 Å². The molecule has 0 spiro atoms. The molecule has 0 unspecified atom stereocenters. The van der Waals surface area contributed by atoms with Crippen LogP contribution in [0.15, 0.2) is 0 Å². The molecule has 2 amide bonds. The predicted molar refractivity (Wildman–Crippen MR) is 98.6 cm³/mol. The van der Waals surface area contributed by atoms with Gasteiger partial charge in [0.1, 0.15) is 0 Å². The standard InChI is InChI=1S/C20H33N3O3/c1-4-21(5-2)19(24)18-15-11-22(12-16(15)18)17-9-14-8-7-13(17)10-23(14)20(25)26-6-3/h13-18H,4-12H2,1-3H3/t13-,14-,15-,16-,17-/m1/s1. The molecule has 2 saturated carbocycles. The molecule has 3 aliphatic heterocycles. The van der Waals surface area contributed by atoms with Crippen molar-refractivity contribution in [1.29, 1.82) is 0 Å². The van der Waals surface area contributed by atoms with Gasteiger partial charge in [0.2, 0.25) is 5.91 Å². The Kier molecular flexibility index (Phi) is 4.88. The molecule has 0 aromatic heterocycles. The van der Waals surface area contributed by atoms with Crippen LogP contribution in [0.25, 0.3) is 0 Å². The summed E-state index contributed by atoms with van der Waals surface area (Å²) < 4.78 is 5.23. The highest BCUT2D eigenvalue weighted by Gasteiger charge is 2.61. The van der Waals surface area contributed by atoms with Gasteiger partial charge in [-0.05, 0) is 57.8 Å². The Balaban J connectivity index is 1.32. The summed E-state index contributed by atoms with van der Waals surface area (Å²) >= 11 is 0. The molecule has 0 aromatic carbocycles. The maximum Gasteiger partial charge on any atom is 0.410 e. The van der Waals surface area contributed by atoms with Gasteiger partial charge in [-0.25, -0.2) is 4.79 Å². The molecule has 5 rings (SSSR count). The van der Waals surface area contributed by atoms with Crippen LogP contribution in [-0.2, 0) is 9.53 Å². The fraction of sp³-hybridized carbons (Fsp3) is 0.900. The summed E-state index contributed by atoms with van der Waals surface area (Å²) in [5.74, 6) is 2.37. The van der Waals surface area contributed by atoms with Crippen molar-refractivity contribution in [1.82, 2.24) is 14.7 Å². The summed E-state index contributed by atoms with van der Waals surface area (Å²) in [6.07, 6.45) is 3.29. The maximum absolute atomic E-state index is 12.6. The monoisotopic (exact) mass is 363 g/mol. The first-order valence-electron chi connectivity index (χ1n) is 10.5. The van der Waals surface area contributed by atoms with Gasteiger partial charge in [-0.3, -0.25) is 9.69 Å². The SMILES string of the molecule is CCOC(=O)N1C[C@H]2CC[C@@H]1C[C@H]2N1C[C@H]2C(C(=O)N(CC)CC)[C@@H]2C1. The highest BCUT2D eigenvalue weighted by molar-refractivity contribution is 5.82. The Hall–Kier alpha value is -1.30. The first-order valence-corrected chi connectivity index (χ1v) is 10.5. The highest BCUT2D eigenvalue weighted by Crippen LogP contribution is 2.54. The van der Waals surface area contributed by atoms with Gasteiger partial charge in [0.25, 0.3) is 0 Å². The summed E-state index contributed by atoms with van der Waals surface area (Å²) in [6.45, 7) is 11.1. The van der Waals surface area contributed by atoms with Crippen molar-refractivity contribution >= 4 is 12.0 Å². The third-order valence-electron chi connectivity index (χ3n) is 7.35. The minimum absolute atomic E-state index is 0.130. The number of hydrogen-bond donors (Lipinski definition) is 0. The van der Waals surface area contributed by atoms with Gasteiger partial charge >= 0.3 is 6.09 Å². The van der Waals surface area contributed by atoms with Gasteiger partial charge in [-0.2, -0.15) is 0 Å². The fourth-order valence-corrected chi connectivity index (χ4v) is 5.91. The fourth-order valence-electron chi connectivity index (χ4n) is 5.91. The van der Waals surface area contributed by atoms with E-state index in [2.05, 4.69) is 18.7 Å². The van der Waals surface area contributed by atoms with E-state index in [1.54, 1.807) is 0 Å². The third kappa shape index (κ3) is 2.90. The smallest absolute Gasteiger partial charge is 0.410 e. The lowest BCUT2D eigenvalue weighted by Crippen LogP contribution is -2.60. The second-order valence-corrected chi connectivity index (χ2v) is 8.46. The van der Waals surface area contributed by atoms with Crippen LogP contribution >= 0.6 is 0 Å². The number of piperidine rings is 3. The summed E-state index contributed by atoms with van der Waals surface area (Å²) in [6, 6.07) is 0.936. The molecule has 3 heterocycles. The van der Waals surface area contributed by atoms with E-state index in [0.29, 0.717) is 42.4 Å². The van der Waals surface area contributed by atoms with E-state index < -0.39 is 0 Å². The van der Waals surface area contributed by atoms with Crippen LogP contribution in [0.5, 0.6) is 0 Å². The maximum atomic E-state index is 12.6. The quantitative estimate of drug-likeness (QED) is 0.750. The van der Waals surface area contributed by atoms with Gasteiger partial charge in [0.05, 0.1) is 6.61 Å². The molecule has 6 nitrogen and oxygen atoms in total. The van der Waals surface area contributed by atoms with E-state index in [1.807, 2.05) is 16.7 Å². The van der Waals surface area contributed by atoms with E-state index in [0.717, 1.165) is 45.6 Å². The molecule has 0 radical (unpaired) electrons. The van der Waals surface area contributed by atoms with Crippen LogP contribution in [0.3, 0.4) is 0 Å². The summed E-state index contributed by atoms with van der Waals surface area (Å²) in [4.78, 5) is 31.4. The van der Waals surface area contributed by atoms with Crippen molar-refractivity contribution in [3.8, 4) is 0 Å². The van der Waals surface area contributed by atoms with Crippen molar-refractivity contribution in [3.63, 3.8) is 0 Å². The zero-order valence-electron chi connectivity index (χ0n) is 16.4. The van der Waals surface area contributed by atoms with Crippen molar-refractivity contribution in [2.75, 3.05) is 39.3 Å². The van der Waals surface area contributed by atoms with Crippen molar-refractivity contribution in [2.24, 2.45) is 23.7 Å². The molecule has 5 atom stereocenters. The molecule has 0 N–H and O–H groups in total. The van der Waals surface area contributed by atoms with Crippen LogP contribution in [0, 0.1) is 23.7 Å². The summed E-state index contributed by atoms with van der Waals surface area (Å²) in [7, 11) is 0. The van der Waals surface area contributed by atoms with E-state index >= 15 is 0 Å². The average molecular weight is 364 g/mol. The van der Waals surface area contributed by atoms with Crippen LogP contribution in [0.4, 0.5) is 4.79 Å². The number of nitrogens with zero attached hydrogens (tertiary/aromatic N) is 3. The van der Waals surface area contributed by atoms with Crippen molar-refractivity contribution in [3.05, 3.63) is 0 Å². The molecule has 6 heteroatoms. The highest BCUT2D eigenvalue weighted by atomic mass is 16.6. The molecule has 0 aromatic rings. The number of fused-ring (bicyclic) bond motifs is 4. The number of ether oxygens (including phenoxy) is 1. The van der Waals surface area contributed by atoms with Crippen LogP contribution in [0.1, 0.15) is 40.0 Å². The summed E-state index contributed by atoms with van der Waals surface area (Å²) in [5.41, 5.74) is 0. The molecular weight excluding hydrogens is 330 g/mol. The Bertz CT molecular complexity index is 553. The number of amides is 2. The third-order valence-corrected chi connectivity index (χ3v) is 7.35. The first kappa shape index (κ1) is 18.1. The second-order valence-electron chi connectivity index (χ2n) is 8.46. The van der Waals surface area contributed by atoms with Crippen LogP contribution in [0.2, 0.25) is 0 Å². The normalized spacial score (nSPS) is 38.2. The first-order chi connectivity index (χ1) is 12.6. The molecular formula is C20H33N3O3. The van der Waals surface area contributed by atoms with Gasteiger partial charge < -0.3 is 14.5 Å². The average Bonchev–Trinajstić information content (AvgIpc) is 3.16. The Labute approximate surface area is 156 Å². The number of rotatable bonds is 5. The van der Waals surface area contributed by atoms with Crippen molar-refractivity contribution in [2.45, 2.75) is 52.1 Å². The summed E-state index contributed by atoms with van der Waals surface area (Å²) in [5, 5.41) is 0. The largest absolute Gasteiger partial charge is 0.450 e. The number of carbonyl (C=O) groups excluding carboxylic acids is 2. The van der Waals surface area contributed by atoms with Gasteiger partial charge in [-0.1, -0.05) is 0 Å². The number of carbonyl (C=O) groups is 2. The molecule has 26 heavy (non-hydrogen) atoms. The minimum Gasteiger partial charge on any atom is -0.450 e. The number of hydrogen-bond acceptors (Lipinski definition) is 4. The molecule has 3 saturated heterocycles. The Morgan fingerprint density at radius 3 is 2.27 bits per heavy atom. The van der Waals surface area contributed by atoms with Crippen LogP contribution < -0.4 is 0 Å². The van der Waals surface area contributed by atoms with Gasteiger partial charge in [0.15, 0.2) is 0 Å². The van der Waals surface area contributed by atoms with Gasteiger partial charge in [-0.15, -0.1) is 0 Å². The lowest BCUT2D eigenvalue weighted by Gasteiger charge is -2.51. The van der Waals surface area contributed by atoms with Crippen LogP contribution in [-0.4, -0.2) is 78.1 Å². The Morgan fingerprint density at radius 1 is 1.04 bits per heavy atom. The topological polar surface area (TPSA) is 53.1 Å². The van der Waals surface area contributed by atoms with E-state index in [9.17, 15) is 9.59 Å². The van der Waals surface area contributed by atoms with E-state index in [4.69, 9.17) is 4.74 Å². The van der Waals surface area contributed by atoms with Gasteiger partial charge in [0, 0.05) is 50.7 Å². The molecule has 2 aliphatic carbocycles. The molecule has 2 bridgehead atoms. The Morgan fingerprint density at radius 2 is 1.73 bits per heavy atom. The predicted octanol–water partition coefficient (Wildman–Crippen LogP) is 2.04. The zero-order valence-corrected chi connectivity index (χ0v) is 16.4. The van der Waals surface area contributed by atoms with E-state index in [-0.39, 0.29) is 12.0 Å². The second kappa shape index (κ2) is 7.02. The van der Waals surface area contributed by atoms with Crippen molar-refractivity contribution < 1.29 is 14.3 Å². The minimum atomic E-state index is -0.130. The zero-order chi connectivity index (χ0) is 18.4. The number of likely N-dealkylation sites (tertiary alicyclic amines) is 1. The lowest BCUT2D eigenvalue weighted by molar-refractivity contribution is -0.133. The lowest BCUT2D eigenvalue weighted by atomic mass is 9.75. The molecule has 5 fully saturated rings.